The Bertz CT molecular complexity index is 1150. The van der Waals surface area contributed by atoms with Crippen LogP contribution in [0.2, 0.25) is 0 Å². The van der Waals surface area contributed by atoms with E-state index in [1.165, 1.54) is 43.2 Å². The van der Waals surface area contributed by atoms with Crippen LogP contribution in [0.4, 0.5) is 0 Å². The molecular weight excluding hydrogens is 500 g/mol. The number of ether oxygens (including phenoxy) is 3. The summed E-state index contributed by atoms with van der Waals surface area (Å²) in [5.74, 6) is 2.92. The first-order chi connectivity index (χ1) is 18.2. The molecule has 0 bridgehead atoms. The first-order valence-electron chi connectivity index (χ1n) is 14.3. The Balaban J connectivity index is 0.00000264. The lowest BCUT2D eigenvalue weighted by atomic mass is 9.68. The van der Waals surface area contributed by atoms with Gasteiger partial charge in [-0.3, -0.25) is 4.79 Å². The van der Waals surface area contributed by atoms with E-state index in [0.717, 1.165) is 43.0 Å². The first-order valence-corrected chi connectivity index (χ1v) is 14.3. The molecular formula is C31H38ClN2O4-. The van der Waals surface area contributed by atoms with Crippen LogP contribution in [0.15, 0.2) is 42.5 Å². The Morgan fingerprint density at radius 3 is 2.68 bits per heavy atom. The van der Waals surface area contributed by atoms with E-state index in [-0.39, 0.29) is 30.5 Å². The van der Waals surface area contributed by atoms with Crippen LogP contribution in [0.3, 0.4) is 0 Å². The smallest absolute Gasteiger partial charge is 0.231 e. The van der Waals surface area contributed by atoms with Crippen molar-refractivity contribution in [1.29, 1.82) is 0 Å². The summed E-state index contributed by atoms with van der Waals surface area (Å²) in [6.07, 6.45) is 8.54. The van der Waals surface area contributed by atoms with Gasteiger partial charge in [0, 0.05) is 36.7 Å². The van der Waals surface area contributed by atoms with Crippen molar-refractivity contribution in [1.82, 2.24) is 10.2 Å². The third-order valence-corrected chi connectivity index (χ3v) is 9.93. The molecule has 38 heavy (non-hydrogen) atoms. The minimum Gasteiger partial charge on any atom is -1.00 e. The van der Waals surface area contributed by atoms with Crippen molar-refractivity contribution in [2.75, 3.05) is 33.0 Å². The van der Waals surface area contributed by atoms with Crippen LogP contribution in [0.1, 0.15) is 67.6 Å². The van der Waals surface area contributed by atoms with Gasteiger partial charge in [-0.05, 0) is 54.7 Å². The minimum absolute atomic E-state index is 0. The molecule has 204 valence electrons. The summed E-state index contributed by atoms with van der Waals surface area (Å²) in [5.41, 5.74) is 3.34. The number of rotatable bonds is 3. The second kappa shape index (κ2) is 10.7. The fraction of sp³-hybridized carbons (Fsp3) is 0.581. The van der Waals surface area contributed by atoms with Crippen LogP contribution < -0.4 is 27.2 Å². The second-order valence-electron chi connectivity index (χ2n) is 11.8. The zero-order valence-electron chi connectivity index (χ0n) is 22.0. The molecule has 7 heteroatoms. The van der Waals surface area contributed by atoms with Gasteiger partial charge in [-0.1, -0.05) is 55.7 Å². The molecule has 5 aliphatic rings. The minimum atomic E-state index is -0.362. The molecule has 1 aliphatic carbocycles. The highest BCUT2D eigenvalue weighted by Gasteiger charge is 2.54. The van der Waals surface area contributed by atoms with Gasteiger partial charge in [-0.2, -0.15) is 0 Å². The number of nitrogens with one attached hydrogen (secondary N) is 1. The molecule has 1 unspecified atom stereocenters. The third kappa shape index (κ3) is 4.29. The average molecular weight is 538 g/mol. The SMILES string of the molecule is O=C(C1CNC[C@]12COCc1c2ccc2c1OCO2)N1CC[C@@H](c2ccccc2)C[C@H]1C1CCCCC1.[Cl-]. The standard InChI is InChI=1S/C31H38N2O4.ClH/c34-30(26-16-32-18-31(26)19-35-17-24-25(31)11-12-28-29(24)37-20-36-28)33-14-13-23(21-7-3-1-4-8-21)15-27(33)22-9-5-2-6-10-22;/h1,3-4,7-8,11-12,22-23,26-27,32H,2,5-6,9-10,13-20H2;1H/p-1/t23-,26?,27+,31-;/m1./s1. The van der Waals surface area contributed by atoms with Crippen LogP contribution in [0, 0.1) is 11.8 Å². The Morgan fingerprint density at radius 2 is 1.84 bits per heavy atom. The van der Waals surface area contributed by atoms with Gasteiger partial charge < -0.3 is 36.8 Å². The first kappa shape index (κ1) is 26.0. The number of halogens is 1. The molecule has 6 nitrogen and oxygen atoms in total. The van der Waals surface area contributed by atoms with Gasteiger partial charge in [0.05, 0.1) is 19.1 Å². The van der Waals surface area contributed by atoms with Gasteiger partial charge in [0.25, 0.3) is 0 Å². The molecule has 1 N–H and O–H groups in total. The van der Waals surface area contributed by atoms with Gasteiger partial charge in [0.2, 0.25) is 12.7 Å². The zero-order chi connectivity index (χ0) is 24.8. The van der Waals surface area contributed by atoms with Crippen molar-refractivity contribution < 1.29 is 31.4 Å². The molecule has 4 atom stereocenters. The predicted molar refractivity (Wildman–Crippen MR) is 141 cm³/mol. The molecule has 2 saturated heterocycles. The maximum absolute atomic E-state index is 14.6. The average Bonchev–Trinajstić information content (AvgIpc) is 3.62. The predicted octanol–water partition coefficient (Wildman–Crippen LogP) is 1.76. The summed E-state index contributed by atoms with van der Waals surface area (Å²) < 4.78 is 17.7. The lowest BCUT2D eigenvalue weighted by molar-refractivity contribution is -0.144. The second-order valence-corrected chi connectivity index (χ2v) is 11.8. The topological polar surface area (TPSA) is 60.0 Å². The fourth-order valence-corrected chi connectivity index (χ4v) is 8.03. The fourth-order valence-electron chi connectivity index (χ4n) is 8.03. The maximum atomic E-state index is 14.6. The molecule has 0 aromatic heterocycles. The van der Waals surface area contributed by atoms with E-state index in [2.05, 4.69) is 46.6 Å². The molecule has 4 aliphatic heterocycles. The lowest BCUT2D eigenvalue weighted by Crippen LogP contribution is -3.00. The molecule has 1 amide bonds. The Kier molecular flexibility index (Phi) is 7.32. The van der Waals surface area contributed by atoms with Gasteiger partial charge >= 0.3 is 0 Å². The molecule has 7 rings (SSSR count). The number of benzene rings is 2. The number of hydrogen-bond acceptors (Lipinski definition) is 5. The summed E-state index contributed by atoms with van der Waals surface area (Å²) >= 11 is 0. The maximum Gasteiger partial charge on any atom is 0.231 e. The van der Waals surface area contributed by atoms with Crippen LogP contribution in [-0.4, -0.2) is 49.9 Å². The number of amides is 1. The van der Waals surface area contributed by atoms with E-state index in [9.17, 15) is 4.79 Å². The van der Waals surface area contributed by atoms with Crippen molar-refractivity contribution in [2.45, 2.75) is 68.9 Å². The monoisotopic (exact) mass is 537 g/mol. The van der Waals surface area contributed by atoms with Crippen molar-refractivity contribution in [3.63, 3.8) is 0 Å². The van der Waals surface area contributed by atoms with E-state index < -0.39 is 0 Å². The highest BCUT2D eigenvalue weighted by atomic mass is 35.5. The van der Waals surface area contributed by atoms with Crippen molar-refractivity contribution >= 4 is 5.91 Å². The summed E-state index contributed by atoms with van der Waals surface area (Å²) in [6, 6.07) is 15.5. The van der Waals surface area contributed by atoms with Crippen molar-refractivity contribution in [3.05, 3.63) is 59.2 Å². The number of hydrogen-bond donors (Lipinski definition) is 1. The normalized spacial score (nSPS) is 30.6. The Labute approximate surface area is 231 Å². The highest BCUT2D eigenvalue weighted by Crippen LogP contribution is 2.49. The number of carbonyl (C=O) groups excluding carboxylic acids is 1. The number of likely N-dealkylation sites (tertiary alicyclic amines) is 1. The molecule has 1 saturated carbocycles. The largest absolute Gasteiger partial charge is 1.00 e. The van der Waals surface area contributed by atoms with E-state index in [0.29, 0.717) is 43.5 Å². The molecule has 3 fully saturated rings. The van der Waals surface area contributed by atoms with E-state index in [1.54, 1.807) is 0 Å². The summed E-state index contributed by atoms with van der Waals surface area (Å²) in [6.45, 7) is 3.63. The molecule has 2 aromatic rings. The van der Waals surface area contributed by atoms with Crippen LogP contribution >= 0.6 is 0 Å². The number of nitrogens with zero attached hydrogens (tertiary/aromatic N) is 1. The van der Waals surface area contributed by atoms with Crippen LogP contribution in [0.25, 0.3) is 0 Å². The molecule has 1 spiro atoms. The third-order valence-electron chi connectivity index (χ3n) is 9.93. The Hall–Kier alpha value is -2.28. The van der Waals surface area contributed by atoms with Gasteiger partial charge in [-0.25, -0.2) is 0 Å². The summed E-state index contributed by atoms with van der Waals surface area (Å²) in [4.78, 5) is 16.9. The molecule has 4 heterocycles. The van der Waals surface area contributed by atoms with Crippen LogP contribution in [-0.2, 0) is 21.6 Å². The van der Waals surface area contributed by atoms with E-state index >= 15 is 0 Å². The quantitative estimate of drug-likeness (QED) is 0.646. The number of fused-ring (bicyclic) bond motifs is 4. The highest BCUT2D eigenvalue weighted by molar-refractivity contribution is 5.82. The van der Waals surface area contributed by atoms with Gasteiger partial charge in [0.1, 0.15) is 0 Å². The molecule has 2 aromatic carbocycles. The lowest BCUT2D eigenvalue weighted by Gasteiger charge is -2.48. The number of piperidine rings is 1. The van der Waals surface area contributed by atoms with E-state index in [4.69, 9.17) is 14.2 Å². The molecule has 0 radical (unpaired) electrons. The van der Waals surface area contributed by atoms with E-state index in [1.807, 2.05) is 6.07 Å². The zero-order valence-corrected chi connectivity index (χ0v) is 22.8. The van der Waals surface area contributed by atoms with Gasteiger partial charge in [0.15, 0.2) is 11.5 Å². The summed E-state index contributed by atoms with van der Waals surface area (Å²) in [7, 11) is 0. The van der Waals surface area contributed by atoms with Crippen LogP contribution in [0.5, 0.6) is 11.5 Å². The Morgan fingerprint density at radius 1 is 1.00 bits per heavy atom. The van der Waals surface area contributed by atoms with Crippen molar-refractivity contribution in [2.24, 2.45) is 11.8 Å². The summed E-state index contributed by atoms with van der Waals surface area (Å²) in [5, 5.41) is 3.59. The number of carbonyl (C=O) groups is 1. The van der Waals surface area contributed by atoms with Gasteiger partial charge in [-0.15, -0.1) is 0 Å². The van der Waals surface area contributed by atoms with Crippen molar-refractivity contribution in [3.8, 4) is 11.5 Å².